The second kappa shape index (κ2) is 4.69. The molecule has 1 aromatic rings. The highest BCUT2D eigenvalue weighted by atomic mass is 16.5. The number of methoxy groups -OCH3 is 1. The van der Waals surface area contributed by atoms with Gasteiger partial charge in [-0.2, -0.15) is 0 Å². The van der Waals surface area contributed by atoms with Crippen LogP contribution in [0.4, 0.5) is 0 Å². The Hall–Kier alpha value is -0.980. The van der Waals surface area contributed by atoms with Gasteiger partial charge in [0, 0.05) is 0 Å². The predicted octanol–water partition coefficient (Wildman–Crippen LogP) is 3.98. The molecule has 0 saturated carbocycles. The summed E-state index contributed by atoms with van der Waals surface area (Å²) in [6, 6.07) is 6.45. The van der Waals surface area contributed by atoms with Crippen LogP contribution in [0.3, 0.4) is 0 Å². The molecule has 1 nitrogen and oxygen atoms in total. The molecule has 15 heavy (non-hydrogen) atoms. The molecule has 0 aromatic heterocycles. The van der Waals surface area contributed by atoms with Crippen LogP contribution in [0.2, 0.25) is 0 Å². The van der Waals surface area contributed by atoms with Crippen molar-refractivity contribution in [2.24, 2.45) is 5.41 Å². The third-order valence-electron chi connectivity index (χ3n) is 2.62. The largest absolute Gasteiger partial charge is 0.496 e. The Morgan fingerprint density at radius 3 is 2.33 bits per heavy atom. The van der Waals surface area contributed by atoms with Gasteiger partial charge >= 0.3 is 0 Å². The molecule has 0 N–H and O–H groups in total. The Bertz CT molecular complexity index is 321. The molecule has 1 rings (SSSR count). The Labute approximate surface area is 93.5 Å². The van der Waals surface area contributed by atoms with E-state index in [1.165, 1.54) is 17.5 Å². The van der Waals surface area contributed by atoms with Crippen molar-refractivity contribution < 1.29 is 4.74 Å². The quantitative estimate of drug-likeness (QED) is 0.726. The lowest BCUT2D eigenvalue weighted by Gasteiger charge is -2.18. The van der Waals surface area contributed by atoms with Gasteiger partial charge in [0.25, 0.3) is 0 Å². The van der Waals surface area contributed by atoms with E-state index in [0.29, 0.717) is 5.41 Å². The molecule has 0 radical (unpaired) electrons. The minimum Gasteiger partial charge on any atom is -0.496 e. The lowest BCUT2D eigenvalue weighted by Crippen LogP contribution is -2.06. The highest BCUT2D eigenvalue weighted by Crippen LogP contribution is 2.24. The minimum absolute atomic E-state index is 0.411. The summed E-state index contributed by atoms with van der Waals surface area (Å²) in [6.07, 6.45) is 2.37. The van der Waals surface area contributed by atoms with Crippen molar-refractivity contribution in [3.05, 3.63) is 29.3 Å². The zero-order valence-corrected chi connectivity index (χ0v) is 10.6. The van der Waals surface area contributed by atoms with Crippen LogP contribution in [0.15, 0.2) is 18.2 Å². The summed E-state index contributed by atoms with van der Waals surface area (Å²) < 4.78 is 5.25. The second-order valence-corrected chi connectivity index (χ2v) is 5.36. The number of benzene rings is 1. The van der Waals surface area contributed by atoms with E-state index in [4.69, 9.17) is 4.74 Å². The first-order chi connectivity index (χ1) is 6.92. The maximum atomic E-state index is 5.25. The third kappa shape index (κ3) is 3.94. The van der Waals surface area contributed by atoms with Crippen LogP contribution < -0.4 is 4.74 Å². The first-order valence-corrected chi connectivity index (χ1v) is 5.56. The smallest absolute Gasteiger partial charge is 0.121 e. The zero-order chi connectivity index (χ0) is 11.5. The van der Waals surface area contributed by atoms with E-state index in [-0.39, 0.29) is 0 Å². The molecule has 1 heteroatoms. The zero-order valence-electron chi connectivity index (χ0n) is 10.6. The lowest BCUT2D eigenvalue weighted by molar-refractivity contribution is 0.378. The molecule has 84 valence electrons. The summed E-state index contributed by atoms with van der Waals surface area (Å²) in [7, 11) is 1.72. The fraction of sp³-hybridized carbons (Fsp3) is 0.571. The topological polar surface area (TPSA) is 9.23 Å². The van der Waals surface area contributed by atoms with Gasteiger partial charge in [0.15, 0.2) is 0 Å². The van der Waals surface area contributed by atoms with Crippen molar-refractivity contribution in [3.8, 4) is 5.75 Å². The predicted molar refractivity (Wildman–Crippen MR) is 65.5 cm³/mol. The average Bonchev–Trinajstić information content (AvgIpc) is 2.14. The van der Waals surface area contributed by atoms with Gasteiger partial charge in [-0.3, -0.25) is 0 Å². The van der Waals surface area contributed by atoms with Gasteiger partial charge in [-0.25, -0.2) is 0 Å². The maximum absolute atomic E-state index is 5.25. The maximum Gasteiger partial charge on any atom is 0.121 e. The van der Waals surface area contributed by atoms with Gasteiger partial charge in [-0.1, -0.05) is 32.9 Å². The summed E-state index contributed by atoms with van der Waals surface area (Å²) in [5, 5.41) is 0. The van der Waals surface area contributed by atoms with Crippen LogP contribution in [-0.4, -0.2) is 7.11 Å². The Morgan fingerprint density at radius 2 is 1.87 bits per heavy atom. The molecule has 0 aliphatic heterocycles. The second-order valence-electron chi connectivity index (χ2n) is 5.36. The van der Waals surface area contributed by atoms with Gasteiger partial charge in [-0.05, 0) is 42.4 Å². The Balaban J connectivity index is 2.68. The standard InChI is InChI=1S/C14H22O/c1-11-10-12(6-7-13(11)15-5)8-9-14(2,3)4/h6-7,10H,8-9H2,1-5H3. The van der Waals surface area contributed by atoms with Crippen LogP contribution in [0.1, 0.15) is 38.3 Å². The Kier molecular flexibility index (Phi) is 3.78. The van der Waals surface area contributed by atoms with Gasteiger partial charge in [0.1, 0.15) is 5.75 Å². The summed E-state index contributed by atoms with van der Waals surface area (Å²) >= 11 is 0. The molecule has 0 unspecified atom stereocenters. The van der Waals surface area contributed by atoms with Crippen molar-refractivity contribution in [1.29, 1.82) is 0 Å². The summed E-state index contributed by atoms with van der Waals surface area (Å²) in [4.78, 5) is 0. The summed E-state index contributed by atoms with van der Waals surface area (Å²) in [5.74, 6) is 0.981. The van der Waals surface area contributed by atoms with Crippen molar-refractivity contribution in [2.75, 3.05) is 7.11 Å². The summed E-state index contributed by atoms with van der Waals surface area (Å²) in [5.41, 5.74) is 3.04. The molecule has 0 spiro atoms. The molecule has 0 heterocycles. The molecule has 0 aliphatic carbocycles. The molecule has 0 aliphatic rings. The summed E-state index contributed by atoms with van der Waals surface area (Å²) in [6.45, 7) is 8.94. The molecule has 0 bridgehead atoms. The molecular formula is C14H22O. The fourth-order valence-corrected chi connectivity index (χ4v) is 1.62. The van der Waals surface area contributed by atoms with Crippen molar-refractivity contribution in [3.63, 3.8) is 0 Å². The first kappa shape index (κ1) is 12.1. The number of aryl methyl sites for hydroxylation is 2. The average molecular weight is 206 g/mol. The van der Waals surface area contributed by atoms with Gasteiger partial charge in [0.05, 0.1) is 7.11 Å². The van der Waals surface area contributed by atoms with Crippen molar-refractivity contribution in [2.45, 2.75) is 40.5 Å². The number of hydrogen-bond acceptors (Lipinski definition) is 1. The number of rotatable bonds is 3. The van der Waals surface area contributed by atoms with Gasteiger partial charge < -0.3 is 4.74 Å². The minimum atomic E-state index is 0.411. The van der Waals surface area contributed by atoms with Crippen molar-refractivity contribution in [1.82, 2.24) is 0 Å². The van der Waals surface area contributed by atoms with Crippen LogP contribution >= 0.6 is 0 Å². The molecule has 0 saturated heterocycles. The van der Waals surface area contributed by atoms with Crippen molar-refractivity contribution >= 4 is 0 Å². The number of hydrogen-bond donors (Lipinski definition) is 0. The lowest BCUT2D eigenvalue weighted by atomic mass is 9.88. The molecule has 1 aromatic carbocycles. The molecule has 0 amide bonds. The highest BCUT2D eigenvalue weighted by Gasteiger charge is 2.10. The molecule has 0 atom stereocenters. The van der Waals surface area contributed by atoms with Crippen LogP contribution in [0, 0.1) is 12.3 Å². The normalized spacial score (nSPS) is 11.5. The van der Waals surface area contributed by atoms with Crippen LogP contribution in [0.5, 0.6) is 5.75 Å². The van der Waals surface area contributed by atoms with E-state index in [1.807, 2.05) is 0 Å². The van der Waals surface area contributed by atoms with Crippen LogP contribution in [0.25, 0.3) is 0 Å². The van der Waals surface area contributed by atoms with E-state index < -0.39 is 0 Å². The van der Waals surface area contributed by atoms with Gasteiger partial charge in [-0.15, -0.1) is 0 Å². The first-order valence-electron chi connectivity index (χ1n) is 5.56. The monoisotopic (exact) mass is 206 g/mol. The SMILES string of the molecule is COc1ccc(CCC(C)(C)C)cc1C. The van der Waals surface area contributed by atoms with Gasteiger partial charge in [0.2, 0.25) is 0 Å². The Morgan fingerprint density at radius 1 is 1.20 bits per heavy atom. The third-order valence-corrected chi connectivity index (χ3v) is 2.62. The number of ether oxygens (including phenoxy) is 1. The fourth-order valence-electron chi connectivity index (χ4n) is 1.62. The van der Waals surface area contributed by atoms with E-state index in [9.17, 15) is 0 Å². The van der Waals surface area contributed by atoms with E-state index >= 15 is 0 Å². The highest BCUT2D eigenvalue weighted by molar-refractivity contribution is 5.36. The van der Waals surface area contributed by atoms with E-state index in [2.05, 4.69) is 45.9 Å². The molecular weight excluding hydrogens is 184 g/mol. The van der Waals surface area contributed by atoms with E-state index in [0.717, 1.165) is 12.2 Å². The van der Waals surface area contributed by atoms with E-state index in [1.54, 1.807) is 7.11 Å². The molecule has 0 fully saturated rings. The van der Waals surface area contributed by atoms with Crippen LogP contribution in [-0.2, 0) is 6.42 Å².